The maximum atomic E-state index is 13.2. The van der Waals surface area contributed by atoms with Crippen LogP contribution >= 0.6 is 0 Å². The average molecular weight is 491 g/mol. The summed E-state index contributed by atoms with van der Waals surface area (Å²) in [7, 11) is 0. The van der Waals surface area contributed by atoms with Crippen LogP contribution in [-0.4, -0.2) is 49.6 Å². The van der Waals surface area contributed by atoms with Gasteiger partial charge in [-0.2, -0.15) is 0 Å². The molecule has 2 rings (SSSR count). The predicted octanol–water partition coefficient (Wildman–Crippen LogP) is 6.49. The Morgan fingerprint density at radius 1 is 0.914 bits per heavy atom. The number of carbonyl (C=O) groups is 2. The second kappa shape index (κ2) is 19.1. The first-order valence-electron chi connectivity index (χ1n) is 13.8. The molecule has 0 spiro atoms. The average Bonchev–Trinajstić information content (AvgIpc) is 2.80. The highest BCUT2D eigenvalue weighted by molar-refractivity contribution is 5.98. The van der Waals surface area contributed by atoms with Gasteiger partial charge in [-0.15, -0.1) is 0 Å². The van der Waals surface area contributed by atoms with Gasteiger partial charge >= 0.3 is 6.03 Å². The van der Waals surface area contributed by atoms with E-state index in [0.717, 1.165) is 67.8 Å². The standard InChI is InChI=1S/C23H38N4O2.2C3H8/c1-6-18-15-21(26-23(29)25-8-7-16(2)3)19(13-17(4)5)14-20(18)22(28)27-11-9-24-10-12-27;2*1-3-2/h14-17,24H,6-13H2,1-5H3,(H2,25,26,29);2*3H2,1-2H3. The van der Waals surface area contributed by atoms with Crippen molar-refractivity contribution in [2.45, 2.75) is 94.4 Å². The molecule has 202 valence electrons. The van der Waals surface area contributed by atoms with E-state index in [4.69, 9.17) is 0 Å². The largest absolute Gasteiger partial charge is 0.338 e. The Morgan fingerprint density at radius 3 is 1.97 bits per heavy atom. The highest BCUT2D eigenvalue weighted by Gasteiger charge is 2.22. The zero-order chi connectivity index (χ0) is 26.8. The molecule has 0 radical (unpaired) electrons. The molecule has 0 atom stereocenters. The monoisotopic (exact) mass is 490 g/mol. The highest BCUT2D eigenvalue weighted by Crippen LogP contribution is 2.26. The van der Waals surface area contributed by atoms with Crippen molar-refractivity contribution in [2.75, 3.05) is 38.0 Å². The molecule has 6 heteroatoms. The van der Waals surface area contributed by atoms with Crippen LogP contribution in [0.3, 0.4) is 0 Å². The van der Waals surface area contributed by atoms with Crippen LogP contribution in [-0.2, 0) is 12.8 Å². The number of benzene rings is 1. The van der Waals surface area contributed by atoms with E-state index in [2.05, 4.69) is 78.3 Å². The Kier molecular flexibility index (Phi) is 18.0. The molecule has 1 aromatic carbocycles. The van der Waals surface area contributed by atoms with E-state index in [1.807, 2.05) is 17.0 Å². The minimum absolute atomic E-state index is 0.0984. The molecule has 35 heavy (non-hydrogen) atoms. The zero-order valence-corrected chi connectivity index (χ0v) is 24.1. The number of urea groups is 1. The molecular weight excluding hydrogens is 436 g/mol. The molecule has 0 aliphatic carbocycles. The van der Waals surface area contributed by atoms with Gasteiger partial charge in [0.25, 0.3) is 5.91 Å². The number of piperazine rings is 1. The van der Waals surface area contributed by atoms with Gasteiger partial charge in [-0.05, 0) is 54.4 Å². The van der Waals surface area contributed by atoms with Gasteiger partial charge in [-0.25, -0.2) is 4.79 Å². The van der Waals surface area contributed by atoms with E-state index in [1.165, 1.54) is 12.8 Å². The Hall–Kier alpha value is -2.08. The first-order chi connectivity index (χ1) is 16.6. The van der Waals surface area contributed by atoms with Crippen LogP contribution in [0.2, 0.25) is 0 Å². The van der Waals surface area contributed by atoms with Crippen LogP contribution in [0.1, 0.15) is 103 Å². The van der Waals surface area contributed by atoms with Gasteiger partial charge in [0.1, 0.15) is 0 Å². The number of amides is 3. The van der Waals surface area contributed by atoms with Crippen molar-refractivity contribution in [3.05, 3.63) is 28.8 Å². The van der Waals surface area contributed by atoms with E-state index >= 15 is 0 Å². The summed E-state index contributed by atoms with van der Waals surface area (Å²) in [5, 5.41) is 9.26. The van der Waals surface area contributed by atoms with E-state index in [0.29, 0.717) is 18.4 Å². The number of carbonyl (C=O) groups excluding carboxylic acids is 2. The lowest BCUT2D eigenvalue weighted by molar-refractivity contribution is 0.0734. The fourth-order valence-corrected chi connectivity index (χ4v) is 3.59. The van der Waals surface area contributed by atoms with E-state index < -0.39 is 0 Å². The minimum Gasteiger partial charge on any atom is -0.338 e. The van der Waals surface area contributed by atoms with Crippen molar-refractivity contribution in [1.29, 1.82) is 0 Å². The summed E-state index contributed by atoms with van der Waals surface area (Å²) in [6.45, 7) is 22.9. The third-order valence-electron chi connectivity index (χ3n) is 5.23. The maximum Gasteiger partial charge on any atom is 0.319 e. The highest BCUT2D eigenvalue weighted by atomic mass is 16.2. The molecule has 0 bridgehead atoms. The van der Waals surface area contributed by atoms with Gasteiger partial charge in [-0.1, -0.05) is 75.2 Å². The van der Waals surface area contributed by atoms with Crippen molar-refractivity contribution in [2.24, 2.45) is 11.8 Å². The van der Waals surface area contributed by atoms with Crippen LogP contribution in [0.4, 0.5) is 10.5 Å². The normalized spacial score (nSPS) is 12.9. The lowest BCUT2D eigenvalue weighted by atomic mass is 9.94. The number of hydrogen-bond donors (Lipinski definition) is 3. The van der Waals surface area contributed by atoms with Crippen molar-refractivity contribution >= 4 is 17.6 Å². The summed E-state index contributed by atoms with van der Waals surface area (Å²) >= 11 is 0. The summed E-state index contributed by atoms with van der Waals surface area (Å²) in [6.07, 6.45) is 5.01. The fraction of sp³-hybridized carbons (Fsp3) is 0.724. The minimum atomic E-state index is -0.182. The number of hydrogen-bond acceptors (Lipinski definition) is 3. The molecule has 1 fully saturated rings. The quantitative estimate of drug-likeness (QED) is 0.390. The third-order valence-corrected chi connectivity index (χ3v) is 5.23. The van der Waals surface area contributed by atoms with Gasteiger partial charge < -0.3 is 20.9 Å². The first kappa shape index (κ1) is 32.9. The summed E-state index contributed by atoms with van der Waals surface area (Å²) < 4.78 is 0. The lowest BCUT2D eigenvalue weighted by Crippen LogP contribution is -2.46. The summed E-state index contributed by atoms with van der Waals surface area (Å²) in [6, 6.07) is 3.82. The fourth-order valence-electron chi connectivity index (χ4n) is 3.59. The van der Waals surface area contributed by atoms with Gasteiger partial charge in [0, 0.05) is 44.0 Å². The molecule has 3 N–H and O–H groups in total. The second-order valence-electron chi connectivity index (χ2n) is 10.1. The number of rotatable bonds is 8. The SMILES string of the molecule is CCC.CCC.CCc1cc(NC(=O)NCCC(C)C)c(CC(C)C)cc1C(=O)N1CCNCC1. The topological polar surface area (TPSA) is 73.5 Å². The van der Waals surface area contributed by atoms with E-state index in [-0.39, 0.29) is 11.9 Å². The second-order valence-corrected chi connectivity index (χ2v) is 10.1. The smallest absolute Gasteiger partial charge is 0.319 e. The molecule has 1 aromatic rings. The molecule has 0 unspecified atom stereocenters. The van der Waals surface area contributed by atoms with Crippen LogP contribution in [0.15, 0.2) is 12.1 Å². The first-order valence-corrected chi connectivity index (χ1v) is 13.8. The zero-order valence-electron chi connectivity index (χ0n) is 24.1. The summed E-state index contributed by atoms with van der Waals surface area (Å²) in [5.41, 5.74) is 3.60. The summed E-state index contributed by atoms with van der Waals surface area (Å²) in [5.74, 6) is 1.07. The van der Waals surface area contributed by atoms with Gasteiger partial charge in [0.05, 0.1) is 0 Å². The number of nitrogens with zero attached hydrogens (tertiary/aromatic N) is 1. The van der Waals surface area contributed by atoms with Gasteiger partial charge in [-0.3, -0.25) is 4.79 Å². The van der Waals surface area contributed by atoms with Gasteiger partial charge in [0.2, 0.25) is 0 Å². The number of nitrogens with one attached hydrogen (secondary N) is 3. The van der Waals surface area contributed by atoms with Crippen LogP contribution < -0.4 is 16.0 Å². The van der Waals surface area contributed by atoms with Crippen molar-refractivity contribution in [1.82, 2.24) is 15.5 Å². The van der Waals surface area contributed by atoms with Crippen molar-refractivity contribution in [3.8, 4) is 0 Å². The predicted molar refractivity (Wildman–Crippen MR) is 152 cm³/mol. The molecule has 0 saturated carbocycles. The molecule has 1 heterocycles. The third kappa shape index (κ3) is 13.6. The number of aryl methyl sites for hydroxylation is 1. The van der Waals surface area contributed by atoms with Crippen LogP contribution in [0, 0.1) is 11.8 Å². The van der Waals surface area contributed by atoms with Crippen LogP contribution in [0.5, 0.6) is 0 Å². The lowest BCUT2D eigenvalue weighted by Gasteiger charge is -2.29. The van der Waals surface area contributed by atoms with Crippen molar-refractivity contribution < 1.29 is 9.59 Å². The van der Waals surface area contributed by atoms with E-state index in [9.17, 15) is 9.59 Å². The Labute approximate surface area is 216 Å². The van der Waals surface area contributed by atoms with Gasteiger partial charge in [0.15, 0.2) is 0 Å². The molecule has 0 aromatic heterocycles. The Morgan fingerprint density at radius 2 is 1.49 bits per heavy atom. The van der Waals surface area contributed by atoms with Crippen molar-refractivity contribution in [3.63, 3.8) is 0 Å². The maximum absolute atomic E-state index is 13.2. The molecule has 3 amide bonds. The molecule has 1 aliphatic heterocycles. The van der Waals surface area contributed by atoms with E-state index in [1.54, 1.807) is 0 Å². The molecule has 1 aliphatic rings. The number of anilines is 1. The Balaban J connectivity index is 0.00000174. The molecular formula is C29H54N4O2. The summed E-state index contributed by atoms with van der Waals surface area (Å²) in [4.78, 5) is 27.5. The molecule has 6 nitrogen and oxygen atoms in total. The van der Waals surface area contributed by atoms with Crippen LogP contribution in [0.25, 0.3) is 0 Å². The Bertz CT molecular complexity index is 724. The molecule has 1 saturated heterocycles.